The van der Waals surface area contributed by atoms with Crippen molar-refractivity contribution in [3.05, 3.63) is 36.0 Å². The van der Waals surface area contributed by atoms with E-state index < -0.39 is 47.7 Å². The van der Waals surface area contributed by atoms with Crippen LogP contribution in [0.25, 0.3) is 0 Å². The molecular weight excluding hydrogens is 668 g/mol. The summed E-state index contributed by atoms with van der Waals surface area (Å²) >= 11 is 0. The summed E-state index contributed by atoms with van der Waals surface area (Å²) in [6.45, 7) is 14.1. The summed E-state index contributed by atoms with van der Waals surface area (Å²) in [5.74, 6) is -0.864. The second-order valence-corrected chi connectivity index (χ2v) is 16.2. The fourth-order valence-corrected chi connectivity index (χ4v) is 7.86. The third-order valence-corrected chi connectivity index (χ3v) is 11.8. The van der Waals surface area contributed by atoms with E-state index in [-0.39, 0.29) is 43.0 Å². The van der Waals surface area contributed by atoms with Crippen molar-refractivity contribution in [1.82, 2.24) is 9.80 Å². The van der Waals surface area contributed by atoms with Crippen LogP contribution in [0.5, 0.6) is 0 Å². The number of amides is 1. The Kier molecular flexibility index (Phi) is 15.4. The Hall–Kier alpha value is -2.32. The maximum Gasteiger partial charge on any atom is 0.410 e. The van der Waals surface area contributed by atoms with Crippen LogP contribution in [0.1, 0.15) is 99.3 Å². The number of hydrogen-bond donors (Lipinski definition) is 4. The second kappa shape index (κ2) is 18.8. The van der Waals surface area contributed by atoms with Gasteiger partial charge in [0.25, 0.3) is 0 Å². The number of carbonyl (C=O) groups is 2. The average molecular weight is 735 g/mol. The minimum absolute atomic E-state index is 0.00951. The van der Waals surface area contributed by atoms with E-state index in [1.165, 1.54) is 0 Å². The van der Waals surface area contributed by atoms with Crippen molar-refractivity contribution in [2.24, 2.45) is 11.8 Å². The molecule has 4 aliphatic heterocycles. The topological polar surface area (TPSA) is 162 Å². The molecule has 296 valence electrons. The van der Waals surface area contributed by atoms with Crippen LogP contribution in [0.2, 0.25) is 0 Å². The van der Waals surface area contributed by atoms with Gasteiger partial charge in [0.2, 0.25) is 0 Å². The molecule has 52 heavy (non-hydrogen) atoms. The number of methoxy groups -OCH3 is 1. The van der Waals surface area contributed by atoms with Crippen LogP contribution in [0.15, 0.2) is 36.0 Å². The van der Waals surface area contributed by atoms with Gasteiger partial charge < -0.3 is 49.2 Å². The highest BCUT2D eigenvalue weighted by molar-refractivity contribution is 5.70. The molecule has 0 aliphatic carbocycles. The van der Waals surface area contributed by atoms with Crippen LogP contribution in [-0.4, -0.2) is 136 Å². The summed E-state index contributed by atoms with van der Waals surface area (Å²) in [7, 11) is 1.56. The SMILES string of the molecule is CCC(O)C(C)C1OC1CC(C)(O)/C=C/C=C(\C)C1OC(=O)CC(O)CCC(C)(OC)C(OC(=O)N2CCC(N3CCC(O)CC3)CC2)/C=C\C1C. The van der Waals surface area contributed by atoms with Crippen LogP contribution in [0.3, 0.4) is 0 Å². The van der Waals surface area contributed by atoms with Crippen molar-refractivity contribution >= 4 is 12.1 Å². The molecule has 4 rings (SSSR count). The van der Waals surface area contributed by atoms with Crippen molar-refractivity contribution < 1.29 is 49.0 Å². The summed E-state index contributed by atoms with van der Waals surface area (Å²) in [5, 5.41) is 42.0. The fourth-order valence-electron chi connectivity index (χ4n) is 7.86. The summed E-state index contributed by atoms with van der Waals surface area (Å²) in [6, 6.07) is 0.384. The number of piperidine rings is 2. The predicted octanol–water partition coefficient (Wildman–Crippen LogP) is 4.28. The van der Waals surface area contributed by atoms with E-state index in [0.717, 1.165) is 44.3 Å². The van der Waals surface area contributed by atoms with Crippen LogP contribution < -0.4 is 0 Å². The first-order valence-corrected chi connectivity index (χ1v) is 19.5. The number of cyclic esters (lactones) is 1. The van der Waals surface area contributed by atoms with E-state index in [1.54, 1.807) is 37.2 Å². The normalized spacial score (nSPS) is 35.2. The molecule has 0 aromatic carbocycles. The van der Waals surface area contributed by atoms with Gasteiger partial charge in [0, 0.05) is 57.6 Å². The van der Waals surface area contributed by atoms with Crippen LogP contribution in [0, 0.1) is 11.8 Å². The van der Waals surface area contributed by atoms with Gasteiger partial charge in [-0.05, 0) is 77.4 Å². The Labute approximate surface area is 310 Å². The van der Waals surface area contributed by atoms with E-state index in [0.29, 0.717) is 38.4 Å². The zero-order valence-electron chi connectivity index (χ0n) is 32.5. The molecule has 0 bridgehead atoms. The van der Waals surface area contributed by atoms with Gasteiger partial charge >= 0.3 is 12.1 Å². The molecule has 0 radical (unpaired) electrons. The first-order valence-electron chi connectivity index (χ1n) is 19.5. The molecule has 0 saturated carbocycles. The molecule has 4 aliphatic rings. The molecule has 3 fully saturated rings. The third kappa shape index (κ3) is 11.8. The number of esters is 1. The summed E-state index contributed by atoms with van der Waals surface area (Å²) in [6.07, 6.45) is 9.91. The molecule has 4 heterocycles. The van der Waals surface area contributed by atoms with E-state index in [9.17, 15) is 30.0 Å². The van der Waals surface area contributed by atoms with Crippen molar-refractivity contribution in [2.45, 2.75) is 159 Å². The largest absolute Gasteiger partial charge is 0.457 e. The molecule has 0 aromatic rings. The van der Waals surface area contributed by atoms with Crippen LogP contribution in [-0.2, 0) is 23.7 Å². The number of likely N-dealkylation sites (tertiary alicyclic amines) is 2. The Morgan fingerprint density at radius 3 is 2.42 bits per heavy atom. The van der Waals surface area contributed by atoms with Gasteiger partial charge in [-0.1, -0.05) is 45.1 Å². The minimum atomic E-state index is -1.15. The van der Waals surface area contributed by atoms with Gasteiger partial charge in [-0.3, -0.25) is 4.79 Å². The lowest BCUT2D eigenvalue weighted by molar-refractivity contribution is -0.151. The number of nitrogens with zero attached hydrogens (tertiary/aromatic N) is 2. The maximum absolute atomic E-state index is 13.6. The van der Waals surface area contributed by atoms with Crippen molar-refractivity contribution in [3.8, 4) is 0 Å². The summed E-state index contributed by atoms with van der Waals surface area (Å²) < 4.78 is 23.8. The van der Waals surface area contributed by atoms with Crippen molar-refractivity contribution in [1.29, 1.82) is 0 Å². The Bertz CT molecular complexity index is 1250. The number of ether oxygens (including phenoxy) is 4. The lowest BCUT2D eigenvalue weighted by atomic mass is 9.88. The molecule has 12 nitrogen and oxygen atoms in total. The zero-order valence-corrected chi connectivity index (χ0v) is 32.5. The third-order valence-electron chi connectivity index (χ3n) is 11.8. The standard InChI is InChI=1S/C40H66N2O10/c1-8-32(45)28(4)37-33(50-37)25-39(5,48)18-9-10-26(2)36-27(3)11-12-34(40(6,49-7)19-13-31(44)24-35(46)52-36)51-38(47)42-20-14-29(15-21-42)41-22-16-30(43)17-23-41/h9-12,18,27-34,36-37,43-45,48H,8,13-17,19-25H2,1-7H3/b12-11-,18-9+,26-10+. The molecule has 3 saturated heterocycles. The first kappa shape index (κ1) is 42.4. The number of epoxide rings is 1. The molecule has 0 aromatic heterocycles. The predicted molar refractivity (Wildman–Crippen MR) is 197 cm³/mol. The molecule has 4 N–H and O–H groups in total. The second-order valence-electron chi connectivity index (χ2n) is 16.2. The number of rotatable bonds is 11. The van der Waals surface area contributed by atoms with Crippen molar-refractivity contribution in [3.63, 3.8) is 0 Å². The van der Waals surface area contributed by atoms with Crippen molar-refractivity contribution in [2.75, 3.05) is 33.3 Å². The first-order chi connectivity index (χ1) is 24.6. The number of hydrogen-bond acceptors (Lipinski definition) is 11. The van der Waals surface area contributed by atoms with Gasteiger partial charge in [0.1, 0.15) is 11.7 Å². The van der Waals surface area contributed by atoms with E-state index in [4.69, 9.17) is 18.9 Å². The number of allylic oxidation sites excluding steroid dienone is 2. The lowest BCUT2D eigenvalue weighted by Crippen LogP contribution is -2.51. The summed E-state index contributed by atoms with van der Waals surface area (Å²) in [5.41, 5.74) is -1.38. The van der Waals surface area contributed by atoms with Gasteiger partial charge in [-0.25, -0.2) is 4.79 Å². The highest BCUT2D eigenvalue weighted by Crippen LogP contribution is 2.38. The molecule has 10 atom stereocenters. The Morgan fingerprint density at radius 1 is 1.12 bits per heavy atom. The minimum Gasteiger partial charge on any atom is -0.457 e. The van der Waals surface area contributed by atoms with Gasteiger partial charge in [0.15, 0.2) is 6.10 Å². The van der Waals surface area contributed by atoms with E-state index in [2.05, 4.69) is 4.90 Å². The molecule has 0 spiro atoms. The van der Waals surface area contributed by atoms with Gasteiger partial charge in [-0.15, -0.1) is 0 Å². The van der Waals surface area contributed by atoms with Crippen LogP contribution >= 0.6 is 0 Å². The monoisotopic (exact) mass is 734 g/mol. The smallest absolute Gasteiger partial charge is 0.410 e. The highest BCUT2D eigenvalue weighted by Gasteiger charge is 2.47. The number of aliphatic hydroxyl groups excluding tert-OH is 3. The maximum atomic E-state index is 13.6. The Morgan fingerprint density at radius 2 is 1.79 bits per heavy atom. The lowest BCUT2D eigenvalue weighted by Gasteiger charge is -2.41. The number of carbonyl (C=O) groups excluding carboxylic acids is 2. The molecule has 1 amide bonds. The Balaban J connectivity index is 1.44. The summed E-state index contributed by atoms with van der Waals surface area (Å²) in [4.78, 5) is 30.8. The van der Waals surface area contributed by atoms with Gasteiger partial charge in [-0.2, -0.15) is 0 Å². The fraction of sp³-hybridized carbons (Fsp3) is 0.800. The van der Waals surface area contributed by atoms with Gasteiger partial charge in [0.05, 0.1) is 42.5 Å². The van der Waals surface area contributed by atoms with Crippen LogP contribution in [0.4, 0.5) is 4.79 Å². The van der Waals surface area contributed by atoms with E-state index >= 15 is 0 Å². The average Bonchev–Trinajstić information content (AvgIpc) is 3.88. The van der Waals surface area contributed by atoms with E-state index in [1.807, 2.05) is 46.8 Å². The molecule has 12 heteroatoms. The quantitative estimate of drug-likeness (QED) is 0.104. The molecule has 10 unspecified atom stereocenters. The number of aliphatic hydroxyl groups is 4. The molecular formula is C40H66N2O10. The zero-order chi connectivity index (χ0) is 38.2. The highest BCUT2D eigenvalue weighted by atomic mass is 16.6.